The lowest BCUT2D eigenvalue weighted by atomic mass is 10.1. The molecule has 1 unspecified atom stereocenters. The second-order valence-corrected chi connectivity index (χ2v) is 6.42. The first kappa shape index (κ1) is 22.9. The standard InChI is InChI=1S/C17H23F2N3O2.2ClH/c1-21(16(23)14-10-17(18,19)12-20-14)11-13-4-2-3-5-15(13)22-6-8-24-9-7-22;;/h2-5,14,20H,6-12H2,1H3;2*1H. The highest BCUT2D eigenvalue weighted by Gasteiger charge is 2.43. The zero-order valence-corrected chi connectivity index (χ0v) is 16.3. The van der Waals surface area contributed by atoms with E-state index in [1.165, 1.54) is 4.90 Å². The van der Waals surface area contributed by atoms with Crippen molar-refractivity contribution in [3.05, 3.63) is 29.8 Å². The van der Waals surface area contributed by atoms with E-state index >= 15 is 0 Å². The van der Waals surface area contributed by atoms with Gasteiger partial charge in [0.1, 0.15) is 0 Å². The zero-order chi connectivity index (χ0) is 17.2. The summed E-state index contributed by atoms with van der Waals surface area (Å²) in [5.74, 6) is -3.09. The van der Waals surface area contributed by atoms with Crippen molar-refractivity contribution in [3.63, 3.8) is 0 Å². The number of para-hydroxylation sites is 1. The molecule has 5 nitrogen and oxygen atoms in total. The number of benzene rings is 1. The number of ether oxygens (including phenoxy) is 1. The number of likely N-dealkylation sites (N-methyl/N-ethyl adjacent to an activating group) is 1. The maximum Gasteiger partial charge on any atom is 0.262 e. The van der Waals surface area contributed by atoms with Gasteiger partial charge in [0.25, 0.3) is 5.92 Å². The monoisotopic (exact) mass is 411 g/mol. The SMILES string of the molecule is CN(Cc1ccccc1N1CCOCC1)C(=O)C1CC(F)(F)CN1.Cl.Cl. The lowest BCUT2D eigenvalue weighted by molar-refractivity contribution is -0.132. The number of anilines is 1. The van der Waals surface area contributed by atoms with Crippen LogP contribution in [-0.4, -0.2) is 62.7 Å². The molecule has 2 fully saturated rings. The first-order valence-corrected chi connectivity index (χ1v) is 8.23. The Bertz CT molecular complexity index is 601. The minimum Gasteiger partial charge on any atom is -0.378 e. The van der Waals surface area contributed by atoms with Gasteiger partial charge < -0.3 is 14.5 Å². The normalized spacial score (nSPS) is 21.5. The summed E-state index contributed by atoms with van der Waals surface area (Å²) in [6, 6.07) is 7.10. The van der Waals surface area contributed by atoms with Gasteiger partial charge in [0.05, 0.1) is 25.8 Å². The fraction of sp³-hybridized carbons (Fsp3) is 0.588. The molecule has 9 heteroatoms. The molecule has 26 heavy (non-hydrogen) atoms. The molecule has 0 aliphatic carbocycles. The third-order valence-corrected chi connectivity index (χ3v) is 4.54. The Balaban J connectivity index is 0.00000169. The van der Waals surface area contributed by atoms with Gasteiger partial charge in [-0.15, -0.1) is 24.8 Å². The highest BCUT2D eigenvalue weighted by atomic mass is 35.5. The van der Waals surface area contributed by atoms with Gasteiger partial charge in [-0.1, -0.05) is 18.2 Å². The molecule has 1 aromatic rings. The van der Waals surface area contributed by atoms with Crippen molar-refractivity contribution in [2.24, 2.45) is 0 Å². The molecule has 148 valence electrons. The summed E-state index contributed by atoms with van der Waals surface area (Å²) in [5, 5.41) is 2.62. The largest absolute Gasteiger partial charge is 0.378 e. The third kappa shape index (κ3) is 5.42. The van der Waals surface area contributed by atoms with Crippen LogP contribution in [-0.2, 0) is 16.1 Å². The first-order chi connectivity index (χ1) is 11.5. The molecule has 2 heterocycles. The van der Waals surface area contributed by atoms with E-state index in [2.05, 4.69) is 10.2 Å². The zero-order valence-electron chi connectivity index (χ0n) is 14.6. The summed E-state index contributed by atoms with van der Waals surface area (Å²) in [5.41, 5.74) is 2.09. The number of hydrogen-bond acceptors (Lipinski definition) is 4. The van der Waals surface area contributed by atoms with Gasteiger partial charge in [0.2, 0.25) is 5.91 Å². The average Bonchev–Trinajstić information content (AvgIpc) is 2.95. The van der Waals surface area contributed by atoms with E-state index in [1.54, 1.807) is 7.05 Å². The minimum atomic E-state index is -2.80. The van der Waals surface area contributed by atoms with E-state index in [9.17, 15) is 13.6 Å². The summed E-state index contributed by atoms with van der Waals surface area (Å²) in [6.07, 6.45) is -0.429. The fourth-order valence-electron chi connectivity index (χ4n) is 3.25. The highest BCUT2D eigenvalue weighted by Crippen LogP contribution is 2.27. The summed E-state index contributed by atoms with van der Waals surface area (Å²) >= 11 is 0. The predicted octanol–water partition coefficient (Wildman–Crippen LogP) is 2.32. The number of rotatable bonds is 4. The van der Waals surface area contributed by atoms with Crippen LogP contribution in [0.15, 0.2) is 24.3 Å². The van der Waals surface area contributed by atoms with Crippen molar-refractivity contribution in [3.8, 4) is 0 Å². The molecular formula is C17H25Cl2F2N3O2. The third-order valence-electron chi connectivity index (χ3n) is 4.54. The number of nitrogens with one attached hydrogen (secondary N) is 1. The average molecular weight is 412 g/mol. The first-order valence-electron chi connectivity index (χ1n) is 8.23. The van der Waals surface area contributed by atoms with Crippen LogP contribution in [0.1, 0.15) is 12.0 Å². The Labute approximate surface area is 164 Å². The maximum absolute atomic E-state index is 13.3. The predicted molar refractivity (Wildman–Crippen MR) is 102 cm³/mol. The number of carbonyl (C=O) groups is 1. The molecule has 1 atom stereocenters. The van der Waals surface area contributed by atoms with Gasteiger partial charge in [-0.3, -0.25) is 10.1 Å². The smallest absolute Gasteiger partial charge is 0.262 e. The van der Waals surface area contributed by atoms with Crippen LogP contribution in [0.2, 0.25) is 0 Å². The highest BCUT2D eigenvalue weighted by molar-refractivity contribution is 5.85. The van der Waals surface area contributed by atoms with E-state index < -0.39 is 24.9 Å². The Morgan fingerprint density at radius 3 is 2.58 bits per heavy atom. The van der Waals surface area contributed by atoms with Gasteiger partial charge in [-0.25, -0.2) is 8.78 Å². The minimum absolute atomic E-state index is 0. The molecule has 0 saturated carbocycles. The van der Waals surface area contributed by atoms with Crippen LogP contribution < -0.4 is 10.2 Å². The number of amides is 1. The van der Waals surface area contributed by atoms with Crippen LogP contribution >= 0.6 is 24.8 Å². The van der Waals surface area contributed by atoms with Gasteiger partial charge in [-0.05, 0) is 11.6 Å². The second-order valence-electron chi connectivity index (χ2n) is 6.42. The number of nitrogens with zero attached hydrogens (tertiary/aromatic N) is 2. The van der Waals surface area contributed by atoms with Gasteiger partial charge in [0, 0.05) is 38.8 Å². The number of morpholine rings is 1. The van der Waals surface area contributed by atoms with E-state index in [4.69, 9.17) is 4.74 Å². The van der Waals surface area contributed by atoms with Crippen LogP contribution in [0, 0.1) is 0 Å². The van der Waals surface area contributed by atoms with Crippen molar-refractivity contribution in [2.45, 2.75) is 24.9 Å². The molecule has 2 aliphatic heterocycles. The molecule has 0 radical (unpaired) electrons. The molecule has 0 spiro atoms. The fourth-order valence-corrected chi connectivity index (χ4v) is 3.25. The summed E-state index contributed by atoms with van der Waals surface area (Å²) in [7, 11) is 1.66. The quantitative estimate of drug-likeness (QED) is 0.825. The Morgan fingerprint density at radius 1 is 1.31 bits per heavy atom. The van der Waals surface area contributed by atoms with Crippen LogP contribution in [0.4, 0.5) is 14.5 Å². The van der Waals surface area contributed by atoms with Crippen molar-refractivity contribution in [1.29, 1.82) is 0 Å². The molecule has 1 amide bonds. The molecule has 3 rings (SSSR count). The number of carbonyl (C=O) groups excluding carboxylic acids is 1. The summed E-state index contributed by atoms with van der Waals surface area (Å²) in [6.45, 7) is 2.96. The molecule has 2 aliphatic rings. The van der Waals surface area contributed by atoms with Crippen LogP contribution in [0.5, 0.6) is 0 Å². The molecule has 0 aromatic heterocycles. The van der Waals surface area contributed by atoms with Gasteiger partial charge >= 0.3 is 0 Å². The lowest BCUT2D eigenvalue weighted by Gasteiger charge is -2.31. The Morgan fingerprint density at radius 2 is 1.96 bits per heavy atom. The topological polar surface area (TPSA) is 44.8 Å². The number of halogens is 4. The van der Waals surface area contributed by atoms with Crippen LogP contribution in [0.3, 0.4) is 0 Å². The van der Waals surface area contributed by atoms with E-state index in [0.717, 1.165) is 24.3 Å². The number of hydrogen-bond donors (Lipinski definition) is 1. The maximum atomic E-state index is 13.3. The lowest BCUT2D eigenvalue weighted by Crippen LogP contribution is -2.42. The van der Waals surface area contributed by atoms with Crippen molar-refractivity contribution >= 4 is 36.4 Å². The second kappa shape index (κ2) is 9.69. The summed E-state index contributed by atoms with van der Waals surface area (Å²) in [4.78, 5) is 16.2. The van der Waals surface area contributed by atoms with E-state index in [0.29, 0.717) is 19.8 Å². The Hall–Kier alpha value is -1.15. The molecule has 1 N–H and O–H groups in total. The molecule has 2 saturated heterocycles. The van der Waals surface area contributed by atoms with E-state index in [1.807, 2.05) is 24.3 Å². The van der Waals surface area contributed by atoms with Crippen molar-refractivity contribution in [1.82, 2.24) is 10.2 Å². The number of alkyl halides is 2. The van der Waals surface area contributed by atoms with Crippen molar-refractivity contribution < 1.29 is 18.3 Å². The van der Waals surface area contributed by atoms with E-state index in [-0.39, 0.29) is 30.7 Å². The summed E-state index contributed by atoms with van der Waals surface area (Å²) < 4.78 is 32.0. The van der Waals surface area contributed by atoms with Crippen LogP contribution in [0.25, 0.3) is 0 Å². The Kier molecular flexibility index (Phi) is 8.53. The van der Waals surface area contributed by atoms with Crippen molar-refractivity contribution in [2.75, 3.05) is 44.8 Å². The molecule has 1 aromatic carbocycles. The molecular weight excluding hydrogens is 387 g/mol. The van der Waals surface area contributed by atoms with Gasteiger partial charge in [-0.2, -0.15) is 0 Å². The van der Waals surface area contributed by atoms with Gasteiger partial charge in [0.15, 0.2) is 0 Å². The molecule has 0 bridgehead atoms.